The first-order valence-corrected chi connectivity index (χ1v) is 11.7. The van der Waals surface area contributed by atoms with Crippen molar-refractivity contribution in [2.45, 2.75) is 66.2 Å². The van der Waals surface area contributed by atoms with Gasteiger partial charge in [-0.05, 0) is 47.1 Å². The molecule has 170 valence electrons. The van der Waals surface area contributed by atoms with Gasteiger partial charge >= 0.3 is 0 Å². The maximum Gasteiger partial charge on any atom is 0.122 e. The van der Waals surface area contributed by atoms with Crippen LogP contribution in [0.25, 0.3) is 0 Å². The largest absolute Gasteiger partial charge is 0.508 e. The Hall–Kier alpha value is -2.45. The lowest BCUT2D eigenvalue weighted by Crippen LogP contribution is -1.96. The summed E-state index contributed by atoms with van der Waals surface area (Å²) < 4.78 is 0. The highest BCUT2D eigenvalue weighted by Gasteiger charge is 2.11. The second kappa shape index (κ2) is 17.3. The van der Waals surface area contributed by atoms with E-state index in [9.17, 15) is 10.2 Å². The van der Waals surface area contributed by atoms with Crippen molar-refractivity contribution in [3.8, 4) is 11.5 Å². The van der Waals surface area contributed by atoms with Gasteiger partial charge in [-0.15, -0.1) is 11.6 Å². The number of rotatable bonds is 5. The Morgan fingerprint density at radius 1 is 0.677 bits per heavy atom. The minimum Gasteiger partial charge on any atom is -0.508 e. The zero-order valence-corrected chi connectivity index (χ0v) is 20.7. The molecule has 0 aliphatic heterocycles. The van der Waals surface area contributed by atoms with Crippen LogP contribution in [-0.4, -0.2) is 10.2 Å². The Bertz CT molecular complexity index is 815. The van der Waals surface area contributed by atoms with Crippen molar-refractivity contribution in [3.63, 3.8) is 0 Å². The van der Waals surface area contributed by atoms with Gasteiger partial charge in [0.1, 0.15) is 11.5 Å². The van der Waals surface area contributed by atoms with Gasteiger partial charge in [0, 0.05) is 11.9 Å². The Kier molecular flexibility index (Phi) is 15.9. The van der Waals surface area contributed by atoms with Gasteiger partial charge in [-0.1, -0.05) is 102 Å². The summed E-state index contributed by atoms with van der Waals surface area (Å²) in [5.74, 6) is 1.21. The van der Waals surface area contributed by atoms with Gasteiger partial charge < -0.3 is 10.2 Å². The number of benzene rings is 3. The van der Waals surface area contributed by atoms with E-state index in [0.29, 0.717) is 5.88 Å². The predicted octanol–water partition coefficient (Wildman–Crippen LogP) is 8.48. The zero-order chi connectivity index (χ0) is 23.6. The van der Waals surface area contributed by atoms with Crippen molar-refractivity contribution in [2.75, 3.05) is 0 Å². The average Bonchev–Trinajstić information content (AvgIpc) is 2.82. The highest BCUT2D eigenvalue weighted by atomic mass is 35.5. The van der Waals surface area contributed by atoms with Crippen LogP contribution in [0.1, 0.15) is 69.7 Å². The van der Waals surface area contributed by atoms with E-state index >= 15 is 0 Å². The first-order chi connectivity index (χ1) is 15.0. The molecule has 2 N–H and O–H groups in total. The molecule has 0 saturated heterocycles. The average molecular weight is 443 g/mol. The third kappa shape index (κ3) is 10.9. The molecular weight excluding hydrogens is 404 g/mol. The molecule has 0 saturated carbocycles. The van der Waals surface area contributed by atoms with Crippen LogP contribution in [0.15, 0.2) is 72.8 Å². The van der Waals surface area contributed by atoms with Crippen LogP contribution in [0.4, 0.5) is 0 Å². The third-order valence-electron chi connectivity index (χ3n) is 4.37. The smallest absolute Gasteiger partial charge is 0.122 e. The van der Waals surface area contributed by atoms with E-state index in [0.717, 1.165) is 24.0 Å². The summed E-state index contributed by atoms with van der Waals surface area (Å²) in [6.45, 7) is 12.1. The standard InChI is InChI=1S/C17H20O2.C7H7Cl.2C2H6/c1-12(2)15-10-14(16(18)11-17(15)19)9-8-13-6-4-3-5-7-13;8-6-7-4-2-1-3-5-7;2*1-2/h3-7,10-12,18-19H,8-9H2,1-2H3;1-5H,6H2;2*1-2H3. The number of phenols is 2. The second-order valence-electron chi connectivity index (χ2n) is 6.80. The van der Waals surface area contributed by atoms with E-state index in [-0.39, 0.29) is 17.4 Å². The van der Waals surface area contributed by atoms with Gasteiger partial charge in [-0.2, -0.15) is 0 Å². The normalized spacial score (nSPS) is 9.42. The number of aryl methyl sites for hydroxylation is 2. The number of hydrogen-bond donors (Lipinski definition) is 2. The van der Waals surface area contributed by atoms with Crippen LogP contribution in [0.5, 0.6) is 11.5 Å². The van der Waals surface area contributed by atoms with Crippen molar-refractivity contribution >= 4 is 11.6 Å². The summed E-state index contributed by atoms with van der Waals surface area (Å²) in [6.07, 6.45) is 1.66. The van der Waals surface area contributed by atoms with Crippen molar-refractivity contribution in [2.24, 2.45) is 0 Å². The van der Waals surface area contributed by atoms with E-state index in [1.807, 2.05) is 96.1 Å². The summed E-state index contributed by atoms with van der Waals surface area (Å²) in [7, 11) is 0. The molecule has 3 aromatic carbocycles. The molecule has 0 aliphatic carbocycles. The van der Waals surface area contributed by atoms with Crippen molar-refractivity contribution < 1.29 is 10.2 Å². The molecule has 0 radical (unpaired) electrons. The Labute approximate surface area is 194 Å². The fraction of sp³-hybridized carbons (Fsp3) is 0.357. The molecular formula is C28H39ClO2. The van der Waals surface area contributed by atoms with Gasteiger partial charge in [0.05, 0.1) is 0 Å². The highest BCUT2D eigenvalue weighted by Crippen LogP contribution is 2.32. The molecule has 0 amide bonds. The van der Waals surface area contributed by atoms with Crippen molar-refractivity contribution in [1.82, 2.24) is 0 Å². The molecule has 0 atom stereocenters. The molecule has 0 aliphatic rings. The minimum absolute atomic E-state index is 0.177. The lowest BCUT2D eigenvalue weighted by atomic mass is 9.96. The van der Waals surface area contributed by atoms with E-state index in [4.69, 9.17) is 11.6 Å². The lowest BCUT2D eigenvalue weighted by molar-refractivity contribution is 0.439. The summed E-state index contributed by atoms with van der Waals surface area (Å²) >= 11 is 5.53. The van der Waals surface area contributed by atoms with E-state index < -0.39 is 0 Å². The molecule has 0 unspecified atom stereocenters. The monoisotopic (exact) mass is 442 g/mol. The molecule has 31 heavy (non-hydrogen) atoms. The highest BCUT2D eigenvalue weighted by molar-refractivity contribution is 6.17. The zero-order valence-electron chi connectivity index (χ0n) is 19.9. The fourth-order valence-electron chi connectivity index (χ4n) is 2.79. The van der Waals surface area contributed by atoms with Crippen LogP contribution < -0.4 is 0 Å². The number of alkyl halides is 1. The molecule has 2 nitrogen and oxygen atoms in total. The summed E-state index contributed by atoms with van der Waals surface area (Å²) in [6, 6.07) is 23.5. The first kappa shape index (κ1) is 28.5. The summed E-state index contributed by atoms with van der Waals surface area (Å²) in [5.41, 5.74) is 4.21. The molecule has 0 spiro atoms. The molecule has 0 heterocycles. The number of phenolic OH excluding ortho intramolecular Hbond substituents is 2. The van der Waals surface area contributed by atoms with Gasteiger partial charge in [0.25, 0.3) is 0 Å². The minimum atomic E-state index is 0.177. The Morgan fingerprint density at radius 2 is 1.16 bits per heavy atom. The second-order valence-corrected chi connectivity index (χ2v) is 7.07. The van der Waals surface area contributed by atoms with Gasteiger partial charge in [0.15, 0.2) is 0 Å². The molecule has 0 bridgehead atoms. The number of aromatic hydroxyl groups is 2. The van der Waals surface area contributed by atoms with Crippen LogP contribution in [-0.2, 0) is 18.7 Å². The quantitative estimate of drug-likeness (QED) is 0.389. The number of halogens is 1. The van der Waals surface area contributed by atoms with E-state index in [1.165, 1.54) is 17.2 Å². The maximum atomic E-state index is 9.92. The van der Waals surface area contributed by atoms with Gasteiger partial charge in [-0.3, -0.25) is 0 Å². The summed E-state index contributed by atoms with van der Waals surface area (Å²) in [4.78, 5) is 0. The van der Waals surface area contributed by atoms with E-state index in [2.05, 4.69) is 12.1 Å². The topological polar surface area (TPSA) is 40.5 Å². The third-order valence-corrected chi connectivity index (χ3v) is 4.68. The van der Waals surface area contributed by atoms with Crippen LogP contribution in [0.2, 0.25) is 0 Å². The van der Waals surface area contributed by atoms with Crippen molar-refractivity contribution in [1.29, 1.82) is 0 Å². The molecule has 3 rings (SSSR count). The Morgan fingerprint density at radius 3 is 1.58 bits per heavy atom. The predicted molar refractivity (Wildman–Crippen MR) is 136 cm³/mol. The Balaban J connectivity index is 0.000000625. The number of hydrogen-bond acceptors (Lipinski definition) is 2. The molecule has 0 fully saturated rings. The van der Waals surface area contributed by atoms with Crippen molar-refractivity contribution in [3.05, 3.63) is 95.1 Å². The van der Waals surface area contributed by atoms with Crippen LogP contribution in [0, 0.1) is 0 Å². The maximum absolute atomic E-state index is 9.92. The van der Waals surface area contributed by atoms with E-state index in [1.54, 1.807) is 0 Å². The lowest BCUT2D eigenvalue weighted by Gasteiger charge is -2.12. The first-order valence-electron chi connectivity index (χ1n) is 11.2. The summed E-state index contributed by atoms with van der Waals surface area (Å²) in [5, 5.41) is 19.7. The fourth-order valence-corrected chi connectivity index (χ4v) is 2.97. The van der Waals surface area contributed by atoms with Gasteiger partial charge in [-0.25, -0.2) is 0 Å². The molecule has 0 aromatic heterocycles. The van der Waals surface area contributed by atoms with Gasteiger partial charge in [0.2, 0.25) is 0 Å². The van der Waals surface area contributed by atoms with Crippen LogP contribution >= 0.6 is 11.6 Å². The molecule has 3 aromatic rings. The SMILES string of the molecule is CC.CC.CC(C)c1cc(CCc2ccccc2)c(O)cc1O.ClCc1ccccc1. The molecule has 3 heteroatoms. The van der Waals surface area contributed by atoms with Crippen LogP contribution in [0.3, 0.4) is 0 Å².